The third-order valence-electron chi connectivity index (χ3n) is 4.38. The van der Waals surface area contributed by atoms with E-state index in [2.05, 4.69) is 26.1 Å². The molecule has 0 radical (unpaired) electrons. The van der Waals surface area contributed by atoms with Gasteiger partial charge in [-0.25, -0.2) is 0 Å². The van der Waals surface area contributed by atoms with Crippen molar-refractivity contribution in [2.24, 2.45) is 0 Å². The van der Waals surface area contributed by atoms with Gasteiger partial charge in [0.05, 0.1) is 10.7 Å². The lowest BCUT2D eigenvalue weighted by molar-refractivity contribution is -0.129. The molecule has 2 aromatic carbocycles. The lowest BCUT2D eigenvalue weighted by Crippen LogP contribution is -2.48. The highest BCUT2D eigenvalue weighted by Crippen LogP contribution is 2.30. The summed E-state index contributed by atoms with van der Waals surface area (Å²) in [5.41, 5.74) is 2.14. The van der Waals surface area contributed by atoms with Crippen LogP contribution in [0.15, 0.2) is 46.9 Å². The van der Waals surface area contributed by atoms with E-state index >= 15 is 0 Å². The van der Waals surface area contributed by atoms with Crippen LogP contribution in [0, 0.1) is 0 Å². The minimum absolute atomic E-state index is 0.0988. The van der Waals surface area contributed by atoms with Crippen LogP contribution in [-0.4, -0.2) is 42.9 Å². The molecule has 0 unspecified atom stereocenters. The molecule has 1 aliphatic heterocycles. The fourth-order valence-electron chi connectivity index (χ4n) is 2.91. The van der Waals surface area contributed by atoms with Gasteiger partial charge in [0.2, 0.25) is 5.91 Å². The van der Waals surface area contributed by atoms with Gasteiger partial charge in [-0.1, -0.05) is 27.5 Å². The second-order valence-electron chi connectivity index (χ2n) is 6.12. The first-order valence-electron chi connectivity index (χ1n) is 8.31. The van der Waals surface area contributed by atoms with Gasteiger partial charge in [-0.05, 0) is 42.5 Å². The van der Waals surface area contributed by atoms with Gasteiger partial charge in [-0.15, -0.1) is 0 Å². The Morgan fingerprint density at radius 2 is 1.69 bits per heavy atom. The number of halogens is 2. The number of carbonyl (C=O) groups is 2. The number of nitrogens with zero attached hydrogens (tertiary/aromatic N) is 2. The van der Waals surface area contributed by atoms with Crippen LogP contribution in [0.4, 0.5) is 11.4 Å². The second kappa shape index (κ2) is 8.10. The average Bonchev–Trinajstić information content (AvgIpc) is 2.62. The molecule has 1 N–H and O–H groups in total. The molecule has 0 saturated carbocycles. The Balaban J connectivity index is 1.67. The van der Waals surface area contributed by atoms with Crippen LogP contribution in [0.2, 0.25) is 5.02 Å². The van der Waals surface area contributed by atoms with Crippen molar-refractivity contribution < 1.29 is 9.59 Å². The zero-order valence-electron chi connectivity index (χ0n) is 14.3. The molecule has 0 aliphatic carbocycles. The Hall–Kier alpha value is -2.05. The first-order chi connectivity index (χ1) is 12.4. The van der Waals surface area contributed by atoms with E-state index in [4.69, 9.17) is 11.6 Å². The van der Waals surface area contributed by atoms with Crippen LogP contribution < -0.4 is 10.2 Å². The fourth-order valence-corrected chi connectivity index (χ4v) is 3.47. The Morgan fingerprint density at radius 1 is 1.04 bits per heavy atom. The Bertz CT molecular complexity index is 818. The minimum atomic E-state index is -0.184. The monoisotopic (exact) mass is 435 g/mol. The standard InChI is InChI=1S/C19H19BrClN3O2/c1-13(25)23-8-10-24(11-9-23)18-7-6-16(12-17(18)21)22-19(26)14-2-4-15(20)5-3-14/h2-7,12H,8-11H2,1H3,(H,22,26). The highest BCUT2D eigenvalue weighted by atomic mass is 79.9. The normalized spacial score (nSPS) is 14.3. The second-order valence-corrected chi connectivity index (χ2v) is 7.44. The molecule has 2 amide bonds. The van der Waals surface area contributed by atoms with E-state index in [1.54, 1.807) is 25.1 Å². The fraction of sp³-hybridized carbons (Fsp3) is 0.263. The summed E-state index contributed by atoms with van der Waals surface area (Å²) in [6.45, 7) is 4.45. The lowest BCUT2D eigenvalue weighted by atomic mass is 10.2. The topological polar surface area (TPSA) is 52.7 Å². The molecule has 7 heteroatoms. The number of benzene rings is 2. The maximum absolute atomic E-state index is 12.3. The van der Waals surface area contributed by atoms with Gasteiger partial charge in [-0.2, -0.15) is 0 Å². The van der Waals surface area contributed by atoms with Crippen molar-refractivity contribution in [2.45, 2.75) is 6.92 Å². The van der Waals surface area contributed by atoms with Crippen molar-refractivity contribution in [1.29, 1.82) is 0 Å². The Morgan fingerprint density at radius 3 is 2.27 bits per heavy atom. The highest BCUT2D eigenvalue weighted by molar-refractivity contribution is 9.10. The minimum Gasteiger partial charge on any atom is -0.367 e. The lowest BCUT2D eigenvalue weighted by Gasteiger charge is -2.36. The summed E-state index contributed by atoms with van der Waals surface area (Å²) >= 11 is 9.78. The number of anilines is 2. The molecule has 136 valence electrons. The molecule has 26 heavy (non-hydrogen) atoms. The molecule has 1 fully saturated rings. The number of carbonyl (C=O) groups excluding carboxylic acids is 2. The zero-order valence-corrected chi connectivity index (χ0v) is 16.7. The molecule has 0 bridgehead atoms. The van der Waals surface area contributed by atoms with E-state index in [-0.39, 0.29) is 11.8 Å². The van der Waals surface area contributed by atoms with Crippen LogP contribution >= 0.6 is 27.5 Å². The van der Waals surface area contributed by atoms with Gasteiger partial charge in [-0.3, -0.25) is 9.59 Å². The quantitative estimate of drug-likeness (QED) is 0.790. The number of rotatable bonds is 3. The van der Waals surface area contributed by atoms with Gasteiger partial charge < -0.3 is 15.1 Å². The molecule has 5 nitrogen and oxygen atoms in total. The van der Waals surface area contributed by atoms with Crippen molar-refractivity contribution in [1.82, 2.24) is 4.90 Å². The third kappa shape index (κ3) is 4.37. The molecule has 1 aliphatic rings. The predicted octanol–water partition coefficient (Wildman–Crippen LogP) is 4.02. The van der Waals surface area contributed by atoms with E-state index < -0.39 is 0 Å². The van der Waals surface area contributed by atoms with Gasteiger partial charge in [0.25, 0.3) is 5.91 Å². The van der Waals surface area contributed by atoms with Crippen LogP contribution in [0.25, 0.3) is 0 Å². The largest absolute Gasteiger partial charge is 0.367 e. The van der Waals surface area contributed by atoms with Crippen molar-refractivity contribution in [3.63, 3.8) is 0 Å². The van der Waals surface area contributed by atoms with Gasteiger partial charge >= 0.3 is 0 Å². The van der Waals surface area contributed by atoms with Crippen LogP contribution in [0.3, 0.4) is 0 Å². The molecule has 0 aromatic heterocycles. The van der Waals surface area contributed by atoms with Crippen molar-refractivity contribution in [3.05, 3.63) is 57.5 Å². The number of amides is 2. The van der Waals surface area contributed by atoms with Crippen molar-refractivity contribution in [2.75, 3.05) is 36.4 Å². The molecular formula is C19H19BrClN3O2. The summed E-state index contributed by atoms with van der Waals surface area (Å²) in [5, 5.41) is 3.44. The summed E-state index contributed by atoms with van der Waals surface area (Å²) in [7, 11) is 0. The van der Waals surface area contributed by atoms with Crippen LogP contribution in [0.5, 0.6) is 0 Å². The van der Waals surface area contributed by atoms with E-state index in [1.807, 2.05) is 29.2 Å². The number of hydrogen-bond donors (Lipinski definition) is 1. The summed E-state index contributed by atoms with van der Waals surface area (Å²) < 4.78 is 0.923. The summed E-state index contributed by atoms with van der Waals surface area (Å²) in [5.74, 6) is -0.0851. The maximum atomic E-state index is 12.3. The average molecular weight is 437 g/mol. The van der Waals surface area contributed by atoms with Crippen LogP contribution in [0.1, 0.15) is 17.3 Å². The highest BCUT2D eigenvalue weighted by Gasteiger charge is 2.20. The van der Waals surface area contributed by atoms with Crippen LogP contribution in [-0.2, 0) is 4.79 Å². The molecule has 1 saturated heterocycles. The van der Waals surface area contributed by atoms with Crippen molar-refractivity contribution >= 4 is 50.7 Å². The Labute approximate surface area is 166 Å². The summed E-state index contributed by atoms with van der Waals surface area (Å²) in [4.78, 5) is 27.7. The van der Waals surface area contributed by atoms with Gasteiger partial charge in [0.1, 0.15) is 0 Å². The SMILES string of the molecule is CC(=O)N1CCN(c2ccc(NC(=O)c3ccc(Br)cc3)cc2Cl)CC1. The number of piperazine rings is 1. The predicted molar refractivity (Wildman–Crippen MR) is 108 cm³/mol. The van der Waals surface area contributed by atoms with E-state index in [9.17, 15) is 9.59 Å². The smallest absolute Gasteiger partial charge is 0.255 e. The van der Waals surface area contributed by atoms with E-state index in [1.165, 1.54) is 0 Å². The molecule has 1 heterocycles. The summed E-state index contributed by atoms with van der Waals surface area (Å²) in [6.07, 6.45) is 0. The first kappa shape index (κ1) is 18.7. The number of hydrogen-bond acceptors (Lipinski definition) is 3. The summed E-state index contributed by atoms with van der Waals surface area (Å²) in [6, 6.07) is 12.7. The van der Waals surface area contributed by atoms with Gasteiger partial charge in [0, 0.05) is 48.8 Å². The third-order valence-corrected chi connectivity index (χ3v) is 5.21. The molecular weight excluding hydrogens is 418 g/mol. The molecule has 2 aromatic rings. The van der Waals surface area contributed by atoms with Crippen molar-refractivity contribution in [3.8, 4) is 0 Å². The van der Waals surface area contributed by atoms with Gasteiger partial charge in [0.15, 0.2) is 0 Å². The first-order valence-corrected chi connectivity index (χ1v) is 9.48. The Kier molecular flexibility index (Phi) is 5.84. The zero-order chi connectivity index (χ0) is 18.7. The molecule has 0 atom stereocenters. The maximum Gasteiger partial charge on any atom is 0.255 e. The molecule has 3 rings (SSSR count). The van der Waals surface area contributed by atoms with E-state index in [0.29, 0.717) is 29.4 Å². The van der Waals surface area contributed by atoms with E-state index in [0.717, 1.165) is 23.2 Å². The number of nitrogens with one attached hydrogen (secondary N) is 1. The molecule has 0 spiro atoms.